The highest BCUT2D eigenvalue weighted by Gasteiger charge is 2.33. The van der Waals surface area contributed by atoms with Gasteiger partial charge in [-0.25, -0.2) is 4.99 Å². The van der Waals surface area contributed by atoms with E-state index in [0.29, 0.717) is 6.42 Å². The first-order valence-electron chi connectivity index (χ1n) is 5.90. The zero-order valence-corrected chi connectivity index (χ0v) is 11.0. The summed E-state index contributed by atoms with van der Waals surface area (Å²) in [7, 11) is 0. The van der Waals surface area contributed by atoms with Crippen LogP contribution in [0, 0.1) is 11.3 Å². The van der Waals surface area contributed by atoms with Crippen LogP contribution in [-0.2, 0) is 6.42 Å². The zero-order valence-electron chi connectivity index (χ0n) is 11.0. The number of para-hydroxylation sites is 1. The summed E-state index contributed by atoms with van der Waals surface area (Å²) in [6.07, 6.45) is 0.301. The number of rotatable bonds is 2. The van der Waals surface area contributed by atoms with E-state index < -0.39 is 5.66 Å². The Morgan fingerprint density at radius 1 is 1.32 bits per heavy atom. The molecule has 0 fully saturated rings. The summed E-state index contributed by atoms with van der Waals surface area (Å²) in [5.41, 5.74) is 12.7. The topological polar surface area (TPSA) is 104 Å². The highest BCUT2D eigenvalue weighted by Crippen LogP contribution is 2.30. The van der Waals surface area contributed by atoms with Crippen molar-refractivity contribution in [3.05, 3.63) is 29.8 Å². The van der Waals surface area contributed by atoms with E-state index in [4.69, 9.17) is 16.7 Å². The van der Waals surface area contributed by atoms with Gasteiger partial charge in [-0.05, 0) is 25.5 Å². The fourth-order valence-electron chi connectivity index (χ4n) is 2.18. The van der Waals surface area contributed by atoms with Crippen LogP contribution in [0.15, 0.2) is 34.3 Å². The summed E-state index contributed by atoms with van der Waals surface area (Å²) >= 11 is 0. The monoisotopic (exact) mass is 256 g/mol. The molecule has 0 unspecified atom stereocenters. The Morgan fingerprint density at radius 3 is 2.63 bits per heavy atom. The molecule has 0 amide bonds. The molecule has 19 heavy (non-hydrogen) atoms. The molecule has 6 nitrogen and oxygen atoms in total. The molecule has 98 valence electrons. The number of benzene rings is 1. The Labute approximate surface area is 112 Å². The van der Waals surface area contributed by atoms with Crippen LogP contribution in [0.4, 0.5) is 5.69 Å². The molecule has 0 bridgehead atoms. The molecule has 0 aliphatic carbocycles. The molecule has 0 spiro atoms. The fraction of sp³-hybridized carbons (Fsp3) is 0.308. The molecule has 6 heteroatoms. The summed E-state index contributed by atoms with van der Waals surface area (Å²) < 4.78 is 0. The van der Waals surface area contributed by atoms with E-state index in [1.807, 2.05) is 38.1 Å². The molecule has 1 aliphatic rings. The third-order valence-corrected chi connectivity index (χ3v) is 2.90. The molecule has 1 aliphatic heterocycles. The van der Waals surface area contributed by atoms with E-state index in [0.717, 1.165) is 11.3 Å². The predicted octanol–water partition coefficient (Wildman–Crippen LogP) is 0.938. The van der Waals surface area contributed by atoms with E-state index in [1.165, 1.54) is 0 Å². The molecular weight excluding hydrogens is 240 g/mol. The molecule has 0 radical (unpaired) electrons. The number of nitriles is 1. The highest BCUT2D eigenvalue weighted by atomic mass is 15.4. The average Bonchev–Trinajstić information content (AvgIpc) is 2.29. The van der Waals surface area contributed by atoms with Crippen LogP contribution < -0.4 is 16.4 Å². The second kappa shape index (κ2) is 4.61. The number of guanidine groups is 2. The van der Waals surface area contributed by atoms with Crippen molar-refractivity contribution in [2.24, 2.45) is 21.5 Å². The Bertz CT molecular complexity index is 593. The van der Waals surface area contributed by atoms with Crippen molar-refractivity contribution in [1.29, 1.82) is 5.26 Å². The second-order valence-corrected chi connectivity index (χ2v) is 4.73. The maximum absolute atomic E-state index is 8.90. The molecule has 1 aromatic carbocycles. The van der Waals surface area contributed by atoms with Crippen LogP contribution in [0.2, 0.25) is 0 Å². The van der Waals surface area contributed by atoms with Gasteiger partial charge >= 0.3 is 0 Å². The van der Waals surface area contributed by atoms with Gasteiger partial charge in [0.2, 0.25) is 11.9 Å². The first-order valence-corrected chi connectivity index (χ1v) is 5.90. The van der Waals surface area contributed by atoms with Gasteiger partial charge in [0.1, 0.15) is 5.66 Å². The van der Waals surface area contributed by atoms with Gasteiger partial charge in [-0.2, -0.15) is 10.3 Å². The summed E-state index contributed by atoms with van der Waals surface area (Å²) in [5.74, 6) is 0.444. The van der Waals surface area contributed by atoms with E-state index in [2.05, 4.69) is 16.1 Å². The van der Waals surface area contributed by atoms with E-state index >= 15 is 0 Å². The molecule has 0 atom stereocenters. The lowest BCUT2D eigenvalue weighted by Gasteiger charge is -2.39. The fourth-order valence-corrected chi connectivity index (χ4v) is 2.18. The third kappa shape index (κ3) is 2.36. The number of hydrogen-bond donors (Lipinski definition) is 2. The number of anilines is 1. The minimum absolute atomic E-state index is 0.163. The minimum atomic E-state index is -0.637. The molecule has 1 heterocycles. The summed E-state index contributed by atoms with van der Waals surface area (Å²) in [6.45, 7) is 3.79. The van der Waals surface area contributed by atoms with Crippen molar-refractivity contribution >= 4 is 17.6 Å². The number of nitrogens with two attached hydrogens (primary N) is 2. The van der Waals surface area contributed by atoms with Crippen molar-refractivity contribution < 1.29 is 0 Å². The summed E-state index contributed by atoms with van der Waals surface area (Å²) in [4.78, 5) is 10.1. The van der Waals surface area contributed by atoms with E-state index in [-0.39, 0.29) is 11.9 Å². The lowest BCUT2D eigenvalue weighted by Crippen LogP contribution is -2.54. The van der Waals surface area contributed by atoms with Gasteiger partial charge < -0.3 is 11.5 Å². The smallest absolute Gasteiger partial charge is 0.220 e. The first kappa shape index (κ1) is 12.9. The first-order chi connectivity index (χ1) is 8.95. The molecular formula is C13H16N6. The molecule has 0 aromatic heterocycles. The molecule has 0 saturated carbocycles. The van der Waals surface area contributed by atoms with Crippen molar-refractivity contribution in [2.45, 2.75) is 25.9 Å². The van der Waals surface area contributed by atoms with Crippen LogP contribution in [0.5, 0.6) is 0 Å². The van der Waals surface area contributed by atoms with Gasteiger partial charge in [0, 0.05) is 0 Å². The van der Waals surface area contributed by atoms with Crippen LogP contribution in [0.25, 0.3) is 0 Å². The van der Waals surface area contributed by atoms with Crippen molar-refractivity contribution in [3.63, 3.8) is 0 Å². The SMILES string of the molecule is CC1(C)N=C(N)N=C(N)N1c1ccccc1CC#N. The lowest BCUT2D eigenvalue weighted by molar-refractivity contribution is 0.533. The van der Waals surface area contributed by atoms with E-state index in [1.54, 1.807) is 4.90 Å². The number of hydrogen-bond acceptors (Lipinski definition) is 6. The van der Waals surface area contributed by atoms with E-state index in [9.17, 15) is 0 Å². The van der Waals surface area contributed by atoms with Crippen LogP contribution >= 0.6 is 0 Å². The Kier molecular flexibility index (Phi) is 3.13. The predicted molar refractivity (Wildman–Crippen MR) is 75.6 cm³/mol. The maximum Gasteiger partial charge on any atom is 0.220 e. The largest absolute Gasteiger partial charge is 0.369 e. The minimum Gasteiger partial charge on any atom is -0.369 e. The molecule has 4 N–H and O–H groups in total. The van der Waals surface area contributed by atoms with Gasteiger partial charge in [0.05, 0.1) is 18.2 Å². The summed E-state index contributed by atoms with van der Waals surface area (Å²) in [6, 6.07) is 9.71. The standard InChI is InChI=1S/C13H16N6/c1-13(2)18-11(15)17-12(16)19(13)10-6-4-3-5-9(10)7-8-14/h3-6H,7H2,1-2H3,(H4,15,16,17,18). The highest BCUT2D eigenvalue weighted by molar-refractivity contribution is 6.05. The normalized spacial score (nSPS) is 17.4. The molecule has 1 aromatic rings. The molecule has 0 saturated heterocycles. The van der Waals surface area contributed by atoms with Crippen LogP contribution in [-0.4, -0.2) is 17.6 Å². The Morgan fingerprint density at radius 2 is 2.00 bits per heavy atom. The average molecular weight is 256 g/mol. The maximum atomic E-state index is 8.90. The van der Waals surface area contributed by atoms with Gasteiger partial charge in [0.15, 0.2) is 0 Å². The van der Waals surface area contributed by atoms with Crippen LogP contribution in [0.3, 0.4) is 0 Å². The number of nitrogens with zero attached hydrogens (tertiary/aromatic N) is 4. The lowest BCUT2D eigenvalue weighted by atomic mass is 10.1. The van der Waals surface area contributed by atoms with Crippen LogP contribution in [0.1, 0.15) is 19.4 Å². The van der Waals surface area contributed by atoms with Crippen molar-refractivity contribution in [3.8, 4) is 6.07 Å². The Hall–Kier alpha value is -2.55. The number of aliphatic imine (C=N–C) groups is 2. The van der Waals surface area contributed by atoms with Gasteiger partial charge in [0.25, 0.3) is 0 Å². The second-order valence-electron chi connectivity index (χ2n) is 4.73. The quantitative estimate of drug-likeness (QED) is 0.821. The molecule has 2 rings (SSSR count). The van der Waals surface area contributed by atoms with Gasteiger partial charge in [-0.3, -0.25) is 4.90 Å². The van der Waals surface area contributed by atoms with Gasteiger partial charge in [-0.15, -0.1) is 0 Å². The third-order valence-electron chi connectivity index (χ3n) is 2.90. The summed E-state index contributed by atoms with van der Waals surface area (Å²) in [5, 5.41) is 8.90. The van der Waals surface area contributed by atoms with Gasteiger partial charge in [-0.1, -0.05) is 18.2 Å². The van der Waals surface area contributed by atoms with Crippen molar-refractivity contribution in [2.75, 3.05) is 4.90 Å². The Balaban J connectivity index is 2.53. The zero-order chi connectivity index (χ0) is 14.0. The van der Waals surface area contributed by atoms with Crippen molar-refractivity contribution in [1.82, 2.24) is 0 Å².